The number of halogens is 1. The van der Waals surface area contributed by atoms with E-state index in [1.54, 1.807) is 24.3 Å². The van der Waals surface area contributed by atoms with Gasteiger partial charge in [0.1, 0.15) is 0 Å². The Kier molecular flexibility index (Phi) is 3.96. The second-order valence-electron chi connectivity index (χ2n) is 4.38. The van der Waals surface area contributed by atoms with Gasteiger partial charge in [0.15, 0.2) is 0 Å². The molecule has 100 valence electrons. The second kappa shape index (κ2) is 5.35. The smallest absolute Gasteiger partial charge is 0.261 e. The minimum Gasteiger partial charge on any atom is -0.279 e. The number of rotatable bonds is 3. The standard InChI is InChI=1S/C14H14BrNO2S/c1-10-6-7-11(2)14(8-10)16-19(17,18)13-5-3-4-12(15)9-13/h3-9,16H,1-2H3. The molecule has 0 spiro atoms. The summed E-state index contributed by atoms with van der Waals surface area (Å²) in [7, 11) is -3.56. The highest BCUT2D eigenvalue weighted by Gasteiger charge is 2.15. The van der Waals surface area contributed by atoms with Crippen LogP contribution >= 0.6 is 15.9 Å². The van der Waals surface area contributed by atoms with Crippen molar-refractivity contribution in [3.63, 3.8) is 0 Å². The van der Waals surface area contributed by atoms with E-state index in [0.717, 1.165) is 15.6 Å². The maximum atomic E-state index is 12.3. The molecule has 2 aromatic rings. The zero-order chi connectivity index (χ0) is 14.0. The largest absolute Gasteiger partial charge is 0.279 e. The number of nitrogens with one attached hydrogen (secondary N) is 1. The molecule has 0 aliphatic rings. The van der Waals surface area contributed by atoms with Crippen molar-refractivity contribution in [3.05, 3.63) is 58.1 Å². The van der Waals surface area contributed by atoms with Crippen LogP contribution in [0.1, 0.15) is 11.1 Å². The Morgan fingerprint density at radius 1 is 1.05 bits per heavy atom. The Bertz CT molecular complexity index is 711. The van der Waals surface area contributed by atoms with Gasteiger partial charge in [-0.1, -0.05) is 34.1 Å². The third kappa shape index (κ3) is 3.36. The van der Waals surface area contributed by atoms with Gasteiger partial charge < -0.3 is 0 Å². The van der Waals surface area contributed by atoms with Crippen molar-refractivity contribution < 1.29 is 8.42 Å². The van der Waals surface area contributed by atoms with E-state index < -0.39 is 10.0 Å². The summed E-state index contributed by atoms with van der Waals surface area (Å²) in [5, 5.41) is 0. The minimum absolute atomic E-state index is 0.239. The van der Waals surface area contributed by atoms with Crippen LogP contribution in [-0.4, -0.2) is 8.42 Å². The van der Waals surface area contributed by atoms with E-state index in [1.165, 1.54) is 0 Å². The van der Waals surface area contributed by atoms with E-state index in [1.807, 2.05) is 32.0 Å². The van der Waals surface area contributed by atoms with Gasteiger partial charge >= 0.3 is 0 Å². The molecule has 2 rings (SSSR count). The maximum absolute atomic E-state index is 12.3. The molecule has 0 aliphatic heterocycles. The molecule has 0 aliphatic carbocycles. The van der Waals surface area contributed by atoms with Crippen molar-refractivity contribution in [2.75, 3.05) is 4.72 Å². The lowest BCUT2D eigenvalue weighted by atomic mass is 10.1. The van der Waals surface area contributed by atoms with Crippen LogP contribution in [0.3, 0.4) is 0 Å². The first-order valence-electron chi connectivity index (χ1n) is 5.74. The molecular weight excluding hydrogens is 326 g/mol. The number of aryl methyl sites for hydroxylation is 2. The number of sulfonamides is 1. The third-order valence-corrected chi connectivity index (χ3v) is 4.60. The lowest BCUT2D eigenvalue weighted by Gasteiger charge is -2.11. The van der Waals surface area contributed by atoms with Gasteiger partial charge in [-0.25, -0.2) is 8.42 Å². The van der Waals surface area contributed by atoms with Crippen molar-refractivity contribution in [3.8, 4) is 0 Å². The summed E-state index contributed by atoms with van der Waals surface area (Å²) >= 11 is 3.27. The average Bonchev–Trinajstić information content (AvgIpc) is 2.33. The van der Waals surface area contributed by atoms with Crippen molar-refractivity contribution in [1.82, 2.24) is 0 Å². The Morgan fingerprint density at radius 3 is 2.47 bits per heavy atom. The van der Waals surface area contributed by atoms with Gasteiger partial charge in [-0.3, -0.25) is 4.72 Å². The molecule has 0 saturated heterocycles. The van der Waals surface area contributed by atoms with Crippen LogP contribution in [0.2, 0.25) is 0 Å². The Labute approximate surface area is 121 Å². The molecule has 0 radical (unpaired) electrons. The zero-order valence-corrected chi connectivity index (χ0v) is 13.0. The third-order valence-electron chi connectivity index (χ3n) is 2.74. The van der Waals surface area contributed by atoms with E-state index >= 15 is 0 Å². The first kappa shape index (κ1) is 14.1. The molecule has 0 fully saturated rings. The summed E-state index contributed by atoms with van der Waals surface area (Å²) in [5.74, 6) is 0. The second-order valence-corrected chi connectivity index (χ2v) is 6.98. The molecular formula is C14H14BrNO2S. The van der Waals surface area contributed by atoms with Crippen LogP contribution in [0, 0.1) is 13.8 Å². The summed E-state index contributed by atoms with van der Waals surface area (Å²) in [6.07, 6.45) is 0. The monoisotopic (exact) mass is 339 g/mol. The fourth-order valence-electron chi connectivity index (χ4n) is 1.68. The summed E-state index contributed by atoms with van der Waals surface area (Å²) in [5.41, 5.74) is 2.52. The molecule has 0 heterocycles. The van der Waals surface area contributed by atoms with Gasteiger partial charge in [0.25, 0.3) is 10.0 Å². The van der Waals surface area contributed by atoms with Gasteiger partial charge in [0, 0.05) is 4.47 Å². The van der Waals surface area contributed by atoms with Crippen LogP contribution in [-0.2, 0) is 10.0 Å². The van der Waals surface area contributed by atoms with E-state index in [4.69, 9.17) is 0 Å². The van der Waals surface area contributed by atoms with Crippen molar-refractivity contribution >= 4 is 31.6 Å². The predicted octanol–water partition coefficient (Wildman–Crippen LogP) is 3.87. The molecule has 19 heavy (non-hydrogen) atoms. The van der Waals surface area contributed by atoms with Gasteiger partial charge in [0.2, 0.25) is 0 Å². The zero-order valence-electron chi connectivity index (χ0n) is 10.6. The highest BCUT2D eigenvalue weighted by Crippen LogP contribution is 2.22. The Morgan fingerprint density at radius 2 is 1.79 bits per heavy atom. The van der Waals surface area contributed by atoms with Crippen molar-refractivity contribution in [2.24, 2.45) is 0 Å². The quantitative estimate of drug-likeness (QED) is 0.922. The number of anilines is 1. The molecule has 2 aromatic carbocycles. The fraction of sp³-hybridized carbons (Fsp3) is 0.143. The van der Waals surface area contributed by atoms with Crippen LogP contribution in [0.15, 0.2) is 51.8 Å². The Balaban J connectivity index is 2.39. The number of hydrogen-bond donors (Lipinski definition) is 1. The summed E-state index contributed by atoms with van der Waals surface area (Å²) in [6.45, 7) is 3.80. The number of hydrogen-bond acceptors (Lipinski definition) is 2. The molecule has 1 N–H and O–H groups in total. The van der Waals surface area contributed by atoms with E-state index in [0.29, 0.717) is 5.69 Å². The van der Waals surface area contributed by atoms with Crippen LogP contribution in [0.25, 0.3) is 0 Å². The van der Waals surface area contributed by atoms with Gasteiger partial charge in [-0.05, 0) is 49.2 Å². The van der Waals surface area contributed by atoms with E-state index in [9.17, 15) is 8.42 Å². The molecule has 0 saturated carbocycles. The highest BCUT2D eigenvalue weighted by molar-refractivity contribution is 9.10. The summed E-state index contributed by atoms with van der Waals surface area (Å²) < 4.78 is 27.9. The SMILES string of the molecule is Cc1ccc(C)c(NS(=O)(=O)c2cccc(Br)c2)c1. The van der Waals surface area contributed by atoms with Gasteiger partial charge in [-0.2, -0.15) is 0 Å². The molecule has 5 heteroatoms. The first-order chi connectivity index (χ1) is 8.88. The molecule has 0 amide bonds. The van der Waals surface area contributed by atoms with Crippen molar-refractivity contribution in [1.29, 1.82) is 0 Å². The normalized spacial score (nSPS) is 11.3. The summed E-state index contributed by atoms with van der Waals surface area (Å²) in [6, 6.07) is 12.3. The van der Waals surface area contributed by atoms with E-state index in [-0.39, 0.29) is 4.90 Å². The molecule has 0 bridgehead atoms. The van der Waals surface area contributed by atoms with Crippen molar-refractivity contribution in [2.45, 2.75) is 18.7 Å². The number of benzene rings is 2. The van der Waals surface area contributed by atoms with Crippen LogP contribution in [0.4, 0.5) is 5.69 Å². The van der Waals surface area contributed by atoms with Gasteiger partial charge in [0.05, 0.1) is 10.6 Å². The molecule has 0 unspecified atom stereocenters. The van der Waals surface area contributed by atoms with E-state index in [2.05, 4.69) is 20.7 Å². The highest BCUT2D eigenvalue weighted by atomic mass is 79.9. The molecule has 3 nitrogen and oxygen atoms in total. The minimum atomic E-state index is -3.56. The fourth-order valence-corrected chi connectivity index (χ4v) is 3.40. The van der Waals surface area contributed by atoms with Gasteiger partial charge in [-0.15, -0.1) is 0 Å². The summed E-state index contributed by atoms with van der Waals surface area (Å²) in [4.78, 5) is 0.239. The topological polar surface area (TPSA) is 46.2 Å². The first-order valence-corrected chi connectivity index (χ1v) is 8.02. The molecule has 0 atom stereocenters. The lowest BCUT2D eigenvalue weighted by molar-refractivity contribution is 0.601. The average molecular weight is 340 g/mol. The van der Waals surface area contributed by atoms with Crippen LogP contribution < -0.4 is 4.72 Å². The molecule has 0 aromatic heterocycles. The predicted molar refractivity (Wildman–Crippen MR) is 80.9 cm³/mol. The lowest BCUT2D eigenvalue weighted by Crippen LogP contribution is -2.13. The Hall–Kier alpha value is -1.33. The maximum Gasteiger partial charge on any atom is 0.261 e. The van der Waals surface area contributed by atoms with Crippen LogP contribution in [0.5, 0.6) is 0 Å².